The van der Waals surface area contributed by atoms with Crippen LogP contribution in [-0.4, -0.2) is 58.1 Å². The first-order valence-corrected chi connectivity index (χ1v) is 9.65. The molecule has 1 unspecified atom stereocenters. The molecule has 1 N–H and O–H groups in total. The molecule has 0 bridgehead atoms. The first-order valence-electron chi connectivity index (χ1n) is 7.80. The van der Waals surface area contributed by atoms with E-state index in [1.165, 1.54) is 29.0 Å². The predicted molar refractivity (Wildman–Crippen MR) is 90.6 cm³/mol. The van der Waals surface area contributed by atoms with E-state index >= 15 is 0 Å². The summed E-state index contributed by atoms with van der Waals surface area (Å²) in [6.07, 6.45) is 8.79. The predicted octanol–water partition coefficient (Wildman–Crippen LogP) is 1.38. The molecule has 132 valence electrons. The van der Waals surface area contributed by atoms with Crippen molar-refractivity contribution in [3.05, 3.63) is 42.1 Å². The van der Waals surface area contributed by atoms with Crippen LogP contribution in [-0.2, 0) is 10.0 Å². The van der Waals surface area contributed by atoms with Gasteiger partial charge in [0.15, 0.2) is 0 Å². The zero-order valence-corrected chi connectivity index (χ0v) is 14.5. The van der Waals surface area contributed by atoms with Crippen molar-refractivity contribution in [1.29, 1.82) is 0 Å². The Bertz CT molecular complexity index is 901. The van der Waals surface area contributed by atoms with E-state index in [1.807, 2.05) is 0 Å². The smallest absolute Gasteiger partial charge is 0.337 e. The second-order valence-electron chi connectivity index (χ2n) is 6.06. The number of carboxylic acid groups (broad SMARTS) is 1. The summed E-state index contributed by atoms with van der Waals surface area (Å²) in [5, 5.41) is 9.08. The average molecular weight is 362 g/mol. The monoisotopic (exact) mass is 362 g/mol. The highest BCUT2D eigenvalue weighted by molar-refractivity contribution is 7.88. The number of piperidine rings is 1. The number of rotatable bonds is 4. The molecule has 0 radical (unpaired) electrons. The first-order chi connectivity index (χ1) is 11.8. The van der Waals surface area contributed by atoms with Crippen molar-refractivity contribution in [2.75, 3.05) is 19.3 Å². The SMILES string of the molecule is CS(=O)(=O)N1CCCC(c2cncc(-c3cncc(C(=O)O)c3)n2)C1. The van der Waals surface area contributed by atoms with E-state index in [4.69, 9.17) is 5.11 Å². The molecule has 1 atom stereocenters. The molecule has 25 heavy (non-hydrogen) atoms. The first kappa shape index (κ1) is 17.4. The summed E-state index contributed by atoms with van der Waals surface area (Å²) in [7, 11) is -3.23. The molecule has 3 heterocycles. The van der Waals surface area contributed by atoms with Gasteiger partial charge in [-0.1, -0.05) is 0 Å². The highest BCUT2D eigenvalue weighted by Gasteiger charge is 2.28. The number of pyridine rings is 1. The molecule has 0 aromatic carbocycles. The lowest BCUT2D eigenvalue weighted by atomic mass is 9.96. The number of nitrogens with zero attached hydrogens (tertiary/aromatic N) is 4. The zero-order valence-electron chi connectivity index (χ0n) is 13.7. The Hall–Kier alpha value is -2.39. The fourth-order valence-electron chi connectivity index (χ4n) is 2.90. The van der Waals surface area contributed by atoms with Crippen molar-refractivity contribution < 1.29 is 18.3 Å². The van der Waals surface area contributed by atoms with Gasteiger partial charge in [-0.25, -0.2) is 22.5 Å². The van der Waals surface area contributed by atoms with Crippen molar-refractivity contribution in [3.63, 3.8) is 0 Å². The lowest BCUT2D eigenvalue weighted by molar-refractivity contribution is 0.0696. The summed E-state index contributed by atoms with van der Waals surface area (Å²) in [5.41, 5.74) is 1.85. The van der Waals surface area contributed by atoms with Gasteiger partial charge in [0, 0.05) is 43.2 Å². The largest absolute Gasteiger partial charge is 0.478 e. The van der Waals surface area contributed by atoms with E-state index in [0.717, 1.165) is 12.8 Å². The molecule has 1 fully saturated rings. The van der Waals surface area contributed by atoms with Gasteiger partial charge < -0.3 is 5.11 Å². The van der Waals surface area contributed by atoms with Crippen LogP contribution in [0.25, 0.3) is 11.3 Å². The minimum atomic E-state index is -3.23. The van der Waals surface area contributed by atoms with Gasteiger partial charge in [0.25, 0.3) is 0 Å². The second kappa shape index (κ2) is 6.85. The summed E-state index contributed by atoms with van der Waals surface area (Å²) >= 11 is 0. The Kier molecular flexibility index (Phi) is 4.78. The van der Waals surface area contributed by atoms with Crippen LogP contribution in [0.3, 0.4) is 0 Å². The van der Waals surface area contributed by atoms with Crippen molar-refractivity contribution >= 4 is 16.0 Å². The van der Waals surface area contributed by atoms with Crippen LogP contribution in [0.2, 0.25) is 0 Å². The van der Waals surface area contributed by atoms with Crippen LogP contribution in [0.15, 0.2) is 30.9 Å². The molecule has 3 rings (SSSR count). The van der Waals surface area contributed by atoms with Crippen LogP contribution >= 0.6 is 0 Å². The molecule has 0 amide bonds. The number of sulfonamides is 1. The molecule has 2 aromatic rings. The van der Waals surface area contributed by atoms with Crippen molar-refractivity contribution in [2.45, 2.75) is 18.8 Å². The van der Waals surface area contributed by atoms with E-state index < -0.39 is 16.0 Å². The van der Waals surface area contributed by atoms with Crippen molar-refractivity contribution in [2.24, 2.45) is 0 Å². The molecule has 0 saturated carbocycles. The van der Waals surface area contributed by atoms with E-state index in [2.05, 4.69) is 15.0 Å². The maximum absolute atomic E-state index is 11.8. The normalized spacial score (nSPS) is 18.8. The molecular formula is C16H18N4O4S. The Morgan fingerprint density at radius 3 is 2.72 bits per heavy atom. The lowest BCUT2D eigenvalue weighted by Gasteiger charge is -2.30. The van der Waals surface area contributed by atoms with Crippen LogP contribution in [0.5, 0.6) is 0 Å². The topological polar surface area (TPSA) is 113 Å². The van der Waals surface area contributed by atoms with Crippen LogP contribution in [0, 0.1) is 0 Å². The van der Waals surface area contributed by atoms with E-state index in [9.17, 15) is 13.2 Å². The van der Waals surface area contributed by atoms with E-state index in [1.54, 1.807) is 12.4 Å². The van der Waals surface area contributed by atoms with Gasteiger partial charge in [0.1, 0.15) is 0 Å². The quantitative estimate of drug-likeness (QED) is 0.874. The summed E-state index contributed by atoms with van der Waals surface area (Å²) in [5.74, 6) is -1.10. The highest BCUT2D eigenvalue weighted by Crippen LogP contribution is 2.28. The van der Waals surface area contributed by atoms with Gasteiger partial charge in [0.2, 0.25) is 10.0 Å². The Labute approximate surface area is 145 Å². The third kappa shape index (κ3) is 3.99. The van der Waals surface area contributed by atoms with Gasteiger partial charge in [0.05, 0.1) is 29.4 Å². The minimum Gasteiger partial charge on any atom is -0.478 e. The molecule has 8 nitrogen and oxygen atoms in total. The molecular weight excluding hydrogens is 344 g/mol. The Morgan fingerprint density at radius 2 is 2.00 bits per heavy atom. The lowest BCUT2D eigenvalue weighted by Crippen LogP contribution is -2.38. The minimum absolute atomic E-state index is 0.0356. The van der Waals surface area contributed by atoms with Crippen molar-refractivity contribution in [3.8, 4) is 11.3 Å². The third-order valence-corrected chi connectivity index (χ3v) is 5.48. The highest BCUT2D eigenvalue weighted by atomic mass is 32.2. The summed E-state index contributed by atoms with van der Waals surface area (Å²) in [6, 6.07) is 1.49. The molecule has 1 aliphatic rings. The van der Waals surface area contributed by atoms with Crippen LogP contribution < -0.4 is 0 Å². The molecule has 1 saturated heterocycles. The summed E-state index contributed by atoms with van der Waals surface area (Å²) < 4.78 is 25.0. The maximum Gasteiger partial charge on any atom is 0.337 e. The number of carbonyl (C=O) groups is 1. The number of hydrogen-bond donors (Lipinski definition) is 1. The fourth-order valence-corrected chi connectivity index (χ4v) is 3.81. The number of carboxylic acids is 1. The second-order valence-corrected chi connectivity index (χ2v) is 8.04. The summed E-state index contributed by atoms with van der Waals surface area (Å²) in [6.45, 7) is 0.900. The van der Waals surface area contributed by atoms with E-state index in [0.29, 0.717) is 30.0 Å². The maximum atomic E-state index is 11.8. The number of hydrogen-bond acceptors (Lipinski definition) is 6. The third-order valence-electron chi connectivity index (χ3n) is 4.21. The molecule has 0 spiro atoms. The van der Waals surface area contributed by atoms with Gasteiger partial charge in [-0.3, -0.25) is 9.97 Å². The number of aromatic nitrogens is 3. The Balaban J connectivity index is 1.89. The fraction of sp³-hybridized carbons (Fsp3) is 0.375. The molecule has 9 heteroatoms. The van der Waals surface area contributed by atoms with Gasteiger partial charge >= 0.3 is 5.97 Å². The Morgan fingerprint density at radius 1 is 1.24 bits per heavy atom. The summed E-state index contributed by atoms with van der Waals surface area (Å²) in [4.78, 5) is 23.8. The molecule has 2 aromatic heterocycles. The van der Waals surface area contributed by atoms with Crippen LogP contribution in [0.4, 0.5) is 0 Å². The van der Waals surface area contributed by atoms with Gasteiger partial charge in [-0.05, 0) is 18.9 Å². The standard InChI is InChI=1S/C16H18N4O4S/c1-25(23,24)20-4-2-3-11(10-20)14-8-18-9-15(19-14)12-5-13(16(21)22)7-17-6-12/h5-9,11H,2-4,10H2,1H3,(H,21,22). The zero-order chi connectivity index (χ0) is 18.0. The number of aromatic carboxylic acids is 1. The molecule has 0 aliphatic carbocycles. The molecule has 1 aliphatic heterocycles. The average Bonchev–Trinajstić information content (AvgIpc) is 2.61. The van der Waals surface area contributed by atoms with Crippen molar-refractivity contribution in [1.82, 2.24) is 19.3 Å². The van der Waals surface area contributed by atoms with Gasteiger partial charge in [-0.2, -0.15) is 0 Å². The van der Waals surface area contributed by atoms with Crippen LogP contribution in [0.1, 0.15) is 34.8 Å². The van der Waals surface area contributed by atoms with Gasteiger partial charge in [-0.15, -0.1) is 0 Å². The van der Waals surface area contributed by atoms with E-state index in [-0.39, 0.29) is 11.5 Å².